The summed E-state index contributed by atoms with van der Waals surface area (Å²) in [6, 6.07) is 15.3. The van der Waals surface area contributed by atoms with E-state index in [1.165, 1.54) is 7.05 Å². The number of ether oxygens (including phenoxy) is 1. The summed E-state index contributed by atoms with van der Waals surface area (Å²) in [4.78, 5) is 36.9. The lowest BCUT2D eigenvalue weighted by Gasteiger charge is -2.23. The first-order valence-electron chi connectivity index (χ1n) is 10.0. The van der Waals surface area contributed by atoms with Crippen molar-refractivity contribution in [2.75, 3.05) is 20.2 Å². The van der Waals surface area contributed by atoms with Crippen molar-refractivity contribution in [1.29, 1.82) is 0 Å². The van der Waals surface area contributed by atoms with Gasteiger partial charge in [0.1, 0.15) is 19.2 Å². The van der Waals surface area contributed by atoms with E-state index in [2.05, 4.69) is 17.4 Å². The SMILES string of the molecule is CCC[C@@H](NC(=O)OCC1c2ccccc2-c2ccccc21)C(=O)N(C)CC(=O)O. The molecule has 0 bridgehead atoms. The van der Waals surface area contributed by atoms with Gasteiger partial charge in [-0.3, -0.25) is 9.59 Å². The highest BCUT2D eigenvalue weighted by molar-refractivity contribution is 5.88. The fourth-order valence-electron chi connectivity index (χ4n) is 3.88. The van der Waals surface area contributed by atoms with E-state index in [0.29, 0.717) is 12.8 Å². The molecule has 2 amide bonds. The highest BCUT2D eigenvalue weighted by atomic mass is 16.5. The van der Waals surface area contributed by atoms with E-state index in [4.69, 9.17) is 9.84 Å². The largest absolute Gasteiger partial charge is 0.480 e. The molecule has 0 spiro atoms. The van der Waals surface area contributed by atoms with Gasteiger partial charge in [-0.25, -0.2) is 4.79 Å². The van der Waals surface area contributed by atoms with Crippen LogP contribution in [0.4, 0.5) is 4.79 Å². The number of benzene rings is 2. The van der Waals surface area contributed by atoms with Gasteiger partial charge < -0.3 is 20.1 Å². The minimum Gasteiger partial charge on any atom is -0.480 e. The predicted octanol–water partition coefficient (Wildman–Crippen LogP) is 3.24. The number of aliphatic carboxylic acids is 1. The third-order valence-corrected chi connectivity index (χ3v) is 5.26. The number of nitrogens with one attached hydrogen (secondary N) is 1. The molecule has 1 aliphatic carbocycles. The molecule has 2 aromatic carbocycles. The van der Waals surface area contributed by atoms with Crippen LogP contribution in [0.5, 0.6) is 0 Å². The van der Waals surface area contributed by atoms with E-state index < -0.39 is 30.6 Å². The van der Waals surface area contributed by atoms with Crippen LogP contribution in [0.2, 0.25) is 0 Å². The predicted molar refractivity (Wildman–Crippen MR) is 112 cm³/mol. The molecule has 0 unspecified atom stereocenters. The highest BCUT2D eigenvalue weighted by Crippen LogP contribution is 2.44. The quantitative estimate of drug-likeness (QED) is 0.697. The fraction of sp³-hybridized carbons (Fsp3) is 0.348. The van der Waals surface area contributed by atoms with Gasteiger partial charge in [-0.1, -0.05) is 61.9 Å². The van der Waals surface area contributed by atoms with Gasteiger partial charge in [-0.05, 0) is 28.7 Å². The van der Waals surface area contributed by atoms with Crippen LogP contribution in [0, 0.1) is 0 Å². The van der Waals surface area contributed by atoms with Gasteiger partial charge in [0.15, 0.2) is 0 Å². The average Bonchev–Trinajstić information content (AvgIpc) is 3.05. The third-order valence-electron chi connectivity index (χ3n) is 5.26. The zero-order valence-electron chi connectivity index (χ0n) is 17.1. The number of likely N-dealkylation sites (N-methyl/N-ethyl adjacent to an activating group) is 1. The van der Waals surface area contributed by atoms with E-state index in [1.54, 1.807) is 0 Å². The van der Waals surface area contributed by atoms with Crippen molar-refractivity contribution in [3.05, 3.63) is 59.7 Å². The highest BCUT2D eigenvalue weighted by Gasteiger charge is 2.30. The number of hydrogen-bond donors (Lipinski definition) is 2. The summed E-state index contributed by atoms with van der Waals surface area (Å²) in [5.74, 6) is -1.63. The first-order chi connectivity index (χ1) is 14.4. The van der Waals surface area contributed by atoms with Crippen molar-refractivity contribution in [2.24, 2.45) is 0 Å². The molecule has 0 fully saturated rings. The van der Waals surface area contributed by atoms with Crippen LogP contribution in [0.25, 0.3) is 11.1 Å². The smallest absolute Gasteiger partial charge is 0.407 e. The fourth-order valence-corrected chi connectivity index (χ4v) is 3.88. The van der Waals surface area contributed by atoms with Gasteiger partial charge in [-0.15, -0.1) is 0 Å². The standard InChI is InChI=1S/C23H26N2O5/c1-3-8-20(22(28)25(2)13-21(26)27)24-23(29)30-14-19-17-11-6-4-9-15(17)16-10-5-7-12-18(16)19/h4-7,9-12,19-20H,3,8,13-14H2,1-2H3,(H,24,29)(H,26,27)/t20-/m1/s1. The second kappa shape index (κ2) is 9.43. The molecular weight excluding hydrogens is 384 g/mol. The maximum absolute atomic E-state index is 12.5. The molecule has 0 heterocycles. The number of hydrogen-bond acceptors (Lipinski definition) is 4. The van der Waals surface area contributed by atoms with Crippen molar-refractivity contribution in [2.45, 2.75) is 31.7 Å². The molecule has 2 N–H and O–H groups in total. The second-order valence-electron chi connectivity index (χ2n) is 7.40. The van der Waals surface area contributed by atoms with E-state index in [0.717, 1.165) is 27.2 Å². The minimum absolute atomic E-state index is 0.0711. The summed E-state index contributed by atoms with van der Waals surface area (Å²) < 4.78 is 5.49. The number of fused-ring (bicyclic) bond motifs is 3. The number of carboxylic acid groups (broad SMARTS) is 1. The van der Waals surface area contributed by atoms with Crippen LogP contribution in [-0.2, 0) is 14.3 Å². The molecular formula is C23H26N2O5. The Bertz CT molecular complexity index is 897. The Kier molecular flexibility index (Phi) is 6.72. The molecule has 0 radical (unpaired) electrons. The van der Waals surface area contributed by atoms with Crippen LogP contribution in [0.1, 0.15) is 36.8 Å². The van der Waals surface area contributed by atoms with Crippen molar-refractivity contribution < 1.29 is 24.2 Å². The van der Waals surface area contributed by atoms with Gasteiger partial charge in [0.25, 0.3) is 0 Å². The molecule has 2 aromatic rings. The molecule has 0 saturated carbocycles. The Labute approximate surface area is 175 Å². The first-order valence-corrected chi connectivity index (χ1v) is 10.0. The van der Waals surface area contributed by atoms with Gasteiger partial charge >= 0.3 is 12.1 Å². The lowest BCUT2D eigenvalue weighted by atomic mass is 9.98. The lowest BCUT2D eigenvalue weighted by molar-refractivity contribution is -0.144. The molecule has 0 aromatic heterocycles. The van der Waals surface area contributed by atoms with Crippen molar-refractivity contribution in [1.82, 2.24) is 10.2 Å². The summed E-state index contributed by atoms with van der Waals surface area (Å²) >= 11 is 0. The summed E-state index contributed by atoms with van der Waals surface area (Å²) in [5.41, 5.74) is 4.48. The Hall–Kier alpha value is -3.35. The first kappa shape index (κ1) is 21.4. The summed E-state index contributed by atoms with van der Waals surface area (Å²) in [6.07, 6.45) is 0.362. The number of carbonyl (C=O) groups excluding carboxylic acids is 2. The number of carboxylic acids is 1. The monoisotopic (exact) mass is 410 g/mol. The van der Waals surface area contributed by atoms with Crippen molar-refractivity contribution >= 4 is 18.0 Å². The van der Waals surface area contributed by atoms with Crippen LogP contribution in [0.15, 0.2) is 48.5 Å². The molecule has 0 saturated heterocycles. The average molecular weight is 410 g/mol. The molecule has 158 valence electrons. The molecule has 1 atom stereocenters. The van der Waals surface area contributed by atoms with Crippen LogP contribution in [-0.4, -0.2) is 54.2 Å². The molecule has 1 aliphatic rings. The molecule has 7 heteroatoms. The van der Waals surface area contributed by atoms with Gasteiger partial charge in [0, 0.05) is 13.0 Å². The van der Waals surface area contributed by atoms with Gasteiger partial charge in [-0.2, -0.15) is 0 Å². The summed E-state index contributed by atoms with van der Waals surface area (Å²) in [5, 5.41) is 11.5. The number of carbonyl (C=O) groups is 3. The minimum atomic E-state index is -1.11. The maximum Gasteiger partial charge on any atom is 0.407 e. The van der Waals surface area contributed by atoms with Crippen LogP contribution < -0.4 is 5.32 Å². The van der Waals surface area contributed by atoms with Crippen LogP contribution >= 0.6 is 0 Å². The number of alkyl carbamates (subject to hydrolysis) is 1. The summed E-state index contributed by atoms with van der Waals surface area (Å²) in [7, 11) is 1.40. The zero-order valence-corrected chi connectivity index (χ0v) is 17.1. The Morgan fingerprint density at radius 1 is 1.07 bits per heavy atom. The maximum atomic E-state index is 12.5. The van der Waals surface area contributed by atoms with E-state index in [1.807, 2.05) is 43.3 Å². The Morgan fingerprint density at radius 2 is 1.63 bits per heavy atom. The number of rotatable bonds is 8. The van der Waals surface area contributed by atoms with Gasteiger partial charge in [0.05, 0.1) is 0 Å². The third kappa shape index (κ3) is 4.62. The molecule has 0 aliphatic heterocycles. The van der Waals surface area contributed by atoms with Crippen molar-refractivity contribution in [3.63, 3.8) is 0 Å². The van der Waals surface area contributed by atoms with E-state index in [9.17, 15) is 14.4 Å². The van der Waals surface area contributed by atoms with Gasteiger partial charge in [0.2, 0.25) is 5.91 Å². The van der Waals surface area contributed by atoms with E-state index >= 15 is 0 Å². The lowest BCUT2D eigenvalue weighted by Crippen LogP contribution is -2.48. The molecule has 7 nitrogen and oxygen atoms in total. The Balaban J connectivity index is 1.66. The summed E-state index contributed by atoms with van der Waals surface area (Å²) in [6.45, 7) is 1.61. The normalized spacial score (nSPS) is 13.1. The molecule has 30 heavy (non-hydrogen) atoms. The molecule has 3 rings (SSSR count). The number of amides is 2. The second-order valence-corrected chi connectivity index (χ2v) is 7.40. The zero-order chi connectivity index (χ0) is 21.7. The number of nitrogens with zero attached hydrogens (tertiary/aromatic N) is 1. The Morgan fingerprint density at radius 3 is 2.17 bits per heavy atom. The van der Waals surface area contributed by atoms with Crippen LogP contribution in [0.3, 0.4) is 0 Å². The topological polar surface area (TPSA) is 95.9 Å². The van der Waals surface area contributed by atoms with E-state index in [-0.39, 0.29) is 12.5 Å². The van der Waals surface area contributed by atoms with Crippen molar-refractivity contribution in [3.8, 4) is 11.1 Å².